The molecule has 3 nitrogen and oxygen atoms in total. The number of aliphatic carboxylic acids is 1. The maximum Gasteiger partial charge on any atom is 0.348 e. The number of carboxylic acid groups (broad SMARTS) is 1. The minimum absolute atomic E-state index is 0.162. The molecule has 0 heterocycles. The molecule has 0 spiro atoms. The van der Waals surface area contributed by atoms with Crippen LogP contribution in [0.4, 0.5) is 0 Å². The Morgan fingerprint density at radius 1 is 1.50 bits per heavy atom. The summed E-state index contributed by atoms with van der Waals surface area (Å²) in [5.74, 6) is -0.0338. The average Bonchev–Trinajstić information content (AvgIpc) is 2.95. The summed E-state index contributed by atoms with van der Waals surface area (Å²) in [7, 11) is 0. The largest absolute Gasteiger partial charge is 0.478 e. The van der Waals surface area contributed by atoms with Crippen LogP contribution < -0.4 is 4.74 Å². The smallest absolute Gasteiger partial charge is 0.348 e. The van der Waals surface area contributed by atoms with Gasteiger partial charge in [0.1, 0.15) is 5.75 Å². The first-order chi connectivity index (χ1) is 7.69. The number of para-hydroxylation sites is 1. The van der Waals surface area contributed by atoms with E-state index in [9.17, 15) is 9.90 Å². The molecule has 1 aliphatic carbocycles. The molecule has 1 aromatic rings. The quantitative estimate of drug-likeness (QED) is 0.829. The van der Waals surface area contributed by atoms with Gasteiger partial charge in [-0.1, -0.05) is 31.5 Å². The van der Waals surface area contributed by atoms with Crippen molar-refractivity contribution in [3.63, 3.8) is 0 Å². The zero-order valence-electron chi connectivity index (χ0n) is 9.35. The number of ether oxygens (including phenoxy) is 1. The summed E-state index contributed by atoms with van der Waals surface area (Å²) in [6.45, 7) is 2.06. The highest BCUT2D eigenvalue weighted by atomic mass is 16.5. The van der Waals surface area contributed by atoms with Crippen molar-refractivity contribution in [2.45, 2.75) is 31.8 Å². The second-order valence-electron chi connectivity index (χ2n) is 4.30. The van der Waals surface area contributed by atoms with Gasteiger partial charge >= 0.3 is 5.97 Å². The van der Waals surface area contributed by atoms with Gasteiger partial charge in [0.25, 0.3) is 0 Å². The van der Waals surface area contributed by atoms with E-state index in [-0.39, 0.29) is 5.92 Å². The van der Waals surface area contributed by atoms with Crippen molar-refractivity contribution in [2.75, 3.05) is 0 Å². The molecule has 3 heteroatoms. The van der Waals surface area contributed by atoms with Crippen LogP contribution in [-0.4, -0.2) is 16.7 Å². The van der Waals surface area contributed by atoms with E-state index in [0.717, 1.165) is 12.8 Å². The van der Waals surface area contributed by atoms with Crippen molar-refractivity contribution in [3.8, 4) is 5.75 Å². The molecule has 16 heavy (non-hydrogen) atoms. The van der Waals surface area contributed by atoms with Crippen LogP contribution in [0.3, 0.4) is 0 Å². The van der Waals surface area contributed by atoms with Crippen LogP contribution >= 0.6 is 0 Å². The predicted molar refractivity (Wildman–Crippen MR) is 60.5 cm³/mol. The second-order valence-corrected chi connectivity index (χ2v) is 4.30. The van der Waals surface area contributed by atoms with Crippen LogP contribution in [0, 0.1) is 5.92 Å². The number of hydrogen-bond donors (Lipinski definition) is 1. The zero-order valence-corrected chi connectivity index (χ0v) is 9.35. The lowest BCUT2D eigenvalue weighted by Gasteiger charge is -2.15. The molecule has 0 radical (unpaired) electrons. The number of rotatable bonds is 5. The fourth-order valence-electron chi connectivity index (χ4n) is 2.12. The number of hydrogen-bond acceptors (Lipinski definition) is 2. The topological polar surface area (TPSA) is 46.5 Å². The SMILES string of the molecule is CCCC1CC1(Oc1ccccc1)C(=O)O. The molecule has 2 rings (SSSR count). The molecular weight excluding hydrogens is 204 g/mol. The van der Waals surface area contributed by atoms with Gasteiger partial charge in [-0.3, -0.25) is 0 Å². The summed E-state index contributed by atoms with van der Waals surface area (Å²) >= 11 is 0. The number of carbonyl (C=O) groups is 1. The molecule has 1 saturated carbocycles. The van der Waals surface area contributed by atoms with E-state index in [2.05, 4.69) is 6.92 Å². The third kappa shape index (κ3) is 1.90. The van der Waals surface area contributed by atoms with Gasteiger partial charge in [-0.05, 0) is 18.6 Å². The van der Waals surface area contributed by atoms with Crippen molar-refractivity contribution < 1.29 is 14.6 Å². The van der Waals surface area contributed by atoms with Crippen LogP contribution in [-0.2, 0) is 4.79 Å². The Morgan fingerprint density at radius 3 is 2.75 bits per heavy atom. The first kappa shape index (κ1) is 11.0. The summed E-state index contributed by atoms with van der Waals surface area (Å²) in [6.07, 6.45) is 2.54. The van der Waals surface area contributed by atoms with Crippen LogP contribution in [0.2, 0.25) is 0 Å². The Balaban J connectivity index is 2.09. The Labute approximate surface area is 95.0 Å². The van der Waals surface area contributed by atoms with Gasteiger partial charge in [0, 0.05) is 12.3 Å². The minimum atomic E-state index is -0.961. The Morgan fingerprint density at radius 2 is 2.19 bits per heavy atom. The van der Waals surface area contributed by atoms with Crippen molar-refractivity contribution in [2.24, 2.45) is 5.92 Å². The fraction of sp³-hybridized carbons (Fsp3) is 0.462. The lowest BCUT2D eigenvalue weighted by molar-refractivity contribution is -0.148. The molecule has 0 aliphatic heterocycles. The van der Waals surface area contributed by atoms with Crippen LogP contribution in [0.15, 0.2) is 30.3 Å². The number of benzene rings is 1. The molecule has 1 N–H and O–H groups in total. The Kier molecular flexibility index (Phi) is 2.86. The molecule has 1 aliphatic rings. The zero-order chi connectivity index (χ0) is 11.6. The second kappa shape index (κ2) is 4.16. The fourth-order valence-corrected chi connectivity index (χ4v) is 2.12. The molecular formula is C13H16O3. The maximum absolute atomic E-state index is 11.2. The van der Waals surface area contributed by atoms with Crippen molar-refractivity contribution in [1.82, 2.24) is 0 Å². The third-order valence-corrected chi connectivity index (χ3v) is 3.09. The van der Waals surface area contributed by atoms with Crippen LogP contribution in [0.25, 0.3) is 0 Å². The summed E-state index contributed by atoms with van der Waals surface area (Å²) in [6, 6.07) is 9.18. The van der Waals surface area contributed by atoms with E-state index in [1.807, 2.05) is 18.2 Å². The van der Waals surface area contributed by atoms with Crippen molar-refractivity contribution in [1.29, 1.82) is 0 Å². The molecule has 86 valence electrons. The maximum atomic E-state index is 11.2. The highest BCUT2D eigenvalue weighted by Crippen LogP contribution is 2.49. The van der Waals surface area contributed by atoms with Gasteiger partial charge < -0.3 is 9.84 Å². The van der Waals surface area contributed by atoms with Crippen molar-refractivity contribution in [3.05, 3.63) is 30.3 Å². The van der Waals surface area contributed by atoms with Gasteiger partial charge in [0.05, 0.1) is 0 Å². The summed E-state index contributed by atoms with van der Waals surface area (Å²) in [5.41, 5.74) is -0.961. The van der Waals surface area contributed by atoms with Crippen LogP contribution in [0.5, 0.6) is 5.75 Å². The Hall–Kier alpha value is -1.51. The molecule has 0 aromatic heterocycles. The van der Waals surface area contributed by atoms with E-state index in [1.54, 1.807) is 12.1 Å². The van der Waals surface area contributed by atoms with E-state index in [1.165, 1.54) is 0 Å². The minimum Gasteiger partial charge on any atom is -0.478 e. The molecule has 0 amide bonds. The monoisotopic (exact) mass is 220 g/mol. The summed E-state index contributed by atoms with van der Waals surface area (Å²) < 4.78 is 5.64. The molecule has 0 bridgehead atoms. The highest BCUT2D eigenvalue weighted by molar-refractivity contribution is 5.82. The van der Waals surface area contributed by atoms with Gasteiger partial charge in [-0.25, -0.2) is 4.79 Å². The third-order valence-electron chi connectivity index (χ3n) is 3.09. The predicted octanol–water partition coefficient (Wildman–Crippen LogP) is 2.71. The van der Waals surface area contributed by atoms with Gasteiger partial charge in [-0.15, -0.1) is 0 Å². The van der Waals surface area contributed by atoms with E-state index >= 15 is 0 Å². The highest BCUT2D eigenvalue weighted by Gasteiger charge is 2.62. The summed E-state index contributed by atoms with van der Waals surface area (Å²) in [5, 5.41) is 9.24. The first-order valence-electron chi connectivity index (χ1n) is 5.66. The first-order valence-corrected chi connectivity index (χ1v) is 5.66. The van der Waals surface area contributed by atoms with Gasteiger partial charge in [0.15, 0.2) is 0 Å². The summed E-state index contributed by atoms with van der Waals surface area (Å²) in [4.78, 5) is 11.2. The standard InChI is InChI=1S/C13H16O3/c1-2-6-10-9-13(10,12(14)15)16-11-7-4-3-5-8-11/h3-5,7-8,10H,2,6,9H2,1H3,(H,14,15). The molecule has 1 fully saturated rings. The normalized spacial score (nSPS) is 27.4. The Bertz CT molecular complexity index is 374. The van der Waals surface area contributed by atoms with Gasteiger partial charge in [-0.2, -0.15) is 0 Å². The van der Waals surface area contributed by atoms with Crippen LogP contribution in [0.1, 0.15) is 26.2 Å². The molecule has 1 aromatic carbocycles. The molecule has 2 atom stereocenters. The lowest BCUT2D eigenvalue weighted by Crippen LogP contribution is -2.31. The number of carboxylic acids is 1. The molecule has 0 saturated heterocycles. The van der Waals surface area contributed by atoms with E-state index in [0.29, 0.717) is 12.2 Å². The van der Waals surface area contributed by atoms with E-state index in [4.69, 9.17) is 4.74 Å². The molecule has 2 unspecified atom stereocenters. The van der Waals surface area contributed by atoms with Crippen molar-refractivity contribution >= 4 is 5.97 Å². The lowest BCUT2D eigenvalue weighted by atomic mass is 10.1. The average molecular weight is 220 g/mol. The van der Waals surface area contributed by atoms with Gasteiger partial charge in [0.2, 0.25) is 5.60 Å². The van der Waals surface area contributed by atoms with E-state index < -0.39 is 11.6 Å².